The fourth-order valence-electron chi connectivity index (χ4n) is 1.57. The zero-order valence-electron chi connectivity index (χ0n) is 11.9. The van der Waals surface area contributed by atoms with Crippen LogP contribution in [-0.4, -0.2) is 25.7 Å². The van der Waals surface area contributed by atoms with Gasteiger partial charge in [-0.25, -0.2) is 0 Å². The van der Waals surface area contributed by atoms with Crippen molar-refractivity contribution in [2.75, 3.05) is 19.8 Å². The summed E-state index contributed by atoms with van der Waals surface area (Å²) >= 11 is 6.00. The van der Waals surface area contributed by atoms with Crippen molar-refractivity contribution in [3.8, 4) is 0 Å². The van der Waals surface area contributed by atoms with Crippen molar-refractivity contribution in [3.05, 3.63) is 40.9 Å². The minimum Gasteiger partial charge on any atom is -0.381 e. The molecule has 0 aromatic heterocycles. The molecule has 0 atom stereocenters. The molecule has 0 unspecified atom stereocenters. The Morgan fingerprint density at radius 2 is 2.05 bits per heavy atom. The van der Waals surface area contributed by atoms with Crippen LogP contribution in [0.5, 0.6) is 0 Å². The zero-order valence-corrected chi connectivity index (χ0v) is 12.7. The van der Waals surface area contributed by atoms with Gasteiger partial charge < -0.3 is 10.1 Å². The number of benzene rings is 1. The number of ether oxygens (including phenoxy) is 1. The Morgan fingerprint density at radius 1 is 1.30 bits per heavy atom. The van der Waals surface area contributed by atoms with Gasteiger partial charge in [-0.2, -0.15) is 0 Å². The van der Waals surface area contributed by atoms with Crippen LogP contribution >= 0.6 is 11.6 Å². The molecule has 1 aromatic carbocycles. The third kappa shape index (κ3) is 7.31. The van der Waals surface area contributed by atoms with E-state index in [2.05, 4.69) is 12.2 Å². The van der Waals surface area contributed by atoms with Crippen LogP contribution in [0.15, 0.2) is 30.3 Å². The number of carbonyl (C=O) groups is 1. The van der Waals surface area contributed by atoms with Gasteiger partial charge in [0.2, 0.25) is 5.91 Å². The largest absolute Gasteiger partial charge is 0.381 e. The number of carbonyl (C=O) groups excluding carboxylic acids is 1. The Balaban J connectivity index is 2.16. The van der Waals surface area contributed by atoms with Gasteiger partial charge >= 0.3 is 0 Å². The predicted octanol–water partition coefficient (Wildman–Crippen LogP) is 3.68. The van der Waals surface area contributed by atoms with E-state index in [-0.39, 0.29) is 5.91 Å². The monoisotopic (exact) mass is 295 g/mol. The van der Waals surface area contributed by atoms with Crippen molar-refractivity contribution in [1.82, 2.24) is 5.32 Å². The second kappa shape index (κ2) is 10.5. The van der Waals surface area contributed by atoms with E-state index in [9.17, 15) is 4.79 Å². The maximum atomic E-state index is 11.6. The topological polar surface area (TPSA) is 38.3 Å². The number of rotatable bonds is 9. The van der Waals surface area contributed by atoms with E-state index < -0.39 is 0 Å². The van der Waals surface area contributed by atoms with Gasteiger partial charge in [-0.1, -0.05) is 43.1 Å². The molecule has 0 aliphatic carbocycles. The van der Waals surface area contributed by atoms with Gasteiger partial charge in [0.1, 0.15) is 0 Å². The third-order valence-electron chi connectivity index (χ3n) is 2.73. The van der Waals surface area contributed by atoms with Gasteiger partial charge in [-0.15, -0.1) is 0 Å². The summed E-state index contributed by atoms with van der Waals surface area (Å²) in [5.41, 5.74) is 0.840. The van der Waals surface area contributed by atoms with Gasteiger partial charge in [-0.3, -0.25) is 4.79 Å². The summed E-state index contributed by atoms with van der Waals surface area (Å²) < 4.78 is 5.41. The van der Waals surface area contributed by atoms with E-state index >= 15 is 0 Å². The van der Waals surface area contributed by atoms with Gasteiger partial charge in [0, 0.05) is 30.9 Å². The number of nitrogens with one attached hydrogen (secondary N) is 1. The highest BCUT2D eigenvalue weighted by Crippen LogP contribution is 2.15. The Kier molecular flexibility index (Phi) is 8.76. The van der Waals surface area contributed by atoms with Crippen molar-refractivity contribution >= 4 is 23.6 Å². The molecular formula is C16H22ClNO2. The van der Waals surface area contributed by atoms with Crippen LogP contribution < -0.4 is 5.32 Å². The van der Waals surface area contributed by atoms with Crippen LogP contribution in [-0.2, 0) is 9.53 Å². The van der Waals surface area contributed by atoms with Gasteiger partial charge in [0.05, 0.1) is 0 Å². The summed E-state index contributed by atoms with van der Waals surface area (Å²) in [5, 5.41) is 3.45. The zero-order chi connectivity index (χ0) is 14.6. The summed E-state index contributed by atoms with van der Waals surface area (Å²) in [6.07, 6.45) is 6.28. The molecule has 0 radical (unpaired) electrons. The first kappa shape index (κ1) is 16.7. The van der Waals surface area contributed by atoms with Crippen LogP contribution in [0.4, 0.5) is 0 Å². The van der Waals surface area contributed by atoms with E-state index in [0.717, 1.165) is 31.4 Å². The molecule has 3 nitrogen and oxygen atoms in total. The quantitative estimate of drug-likeness (QED) is 0.557. The molecule has 0 saturated carbocycles. The van der Waals surface area contributed by atoms with Crippen LogP contribution in [0.2, 0.25) is 5.02 Å². The molecule has 1 N–H and O–H groups in total. The highest BCUT2D eigenvalue weighted by molar-refractivity contribution is 6.32. The molecule has 0 aliphatic rings. The maximum absolute atomic E-state index is 11.6. The normalized spacial score (nSPS) is 10.9. The van der Waals surface area contributed by atoms with Crippen LogP contribution in [0.1, 0.15) is 31.7 Å². The Hall–Kier alpha value is -1.32. The minimum atomic E-state index is -0.113. The minimum absolute atomic E-state index is 0.113. The molecule has 1 amide bonds. The number of hydrogen-bond donors (Lipinski definition) is 1. The van der Waals surface area contributed by atoms with E-state index in [0.29, 0.717) is 18.2 Å². The Morgan fingerprint density at radius 3 is 2.80 bits per heavy atom. The van der Waals surface area contributed by atoms with Gasteiger partial charge in [0.15, 0.2) is 0 Å². The average molecular weight is 296 g/mol. The highest BCUT2D eigenvalue weighted by Gasteiger charge is 1.97. The lowest BCUT2D eigenvalue weighted by molar-refractivity contribution is -0.116. The number of hydrogen-bond acceptors (Lipinski definition) is 2. The number of unbranched alkanes of at least 4 members (excludes halogenated alkanes) is 1. The molecule has 110 valence electrons. The number of amides is 1. The molecule has 0 bridgehead atoms. The van der Waals surface area contributed by atoms with Crippen LogP contribution in [0.3, 0.4) is 0 Å². The predicted molar refractivity (Wildman–Crippen MR) is 83.8 cm³/mol. The van der Waals surface area contributed by atoms with Gasteiger partial charge in [-0.05, 0) is 30.5 Å². The van der Waals surface area contributed by atoms with Crippen molar-refractivity contribution in [2.24, 2.45) is 0 Å². The standard InChI is InChI=1S/C16H22ClNO2/c1-2-3-12-20-13-6-11-18-16(19)10-9-14-7-4-5-8-15(14)17/h4-5,7-10H,2-3,6,11-13H2,1H3,(H,18,19). The van der Waals surface area contributed by atoms with Crippen molar-refractivity contribution in [3.63, 3.8) is 0 Å². The van der Waals surface area contributed by atoms with Crippen LogP contribution in [0.25, 0.3) is 6.08 Å². The molecule has 4 heteroatoms. The smallest absolute Gasteiger partial charge is 0.244 e. The van der Waals surface area contributed by atoms with E-state index in [1.54, 1.807) is 12.1 Å². The lowest BCUT2D eigenvalue weighted by Crippen LogP contribution is -2.23. The first-order valence-electron chi connectivity index (χ1n) is 7.02. The Labute approximate surface area is 126 Å². The molecule has 0 fully saturated rings. The molecule has 1 aromatic rings. The first-order valence-corrected chi connectivity index (χ1v) is 7.40. The molecule has 0 heterocycles. The van der Waals surface area contributed by atoms with Crippen molar-refractivity contribution < 1.29 is 9.53 Å². The van der Waals surface area contributed by atoms with E-state index in [1.807, 2.05) is 18.2 Å². The second-order valence-electron chi connectivity index (χ2n) is 4.47. The maximum Gasteiger partial charge on any atom is 0.244 e. The molecule has 0 saturated heterocycles. The summed E-state index contributed by atoms with van der Waals surface area (Å²) in [6, 6.07) is 7.41. The summed E-state index contributed by atoms with van der Waals surface area (Å²) in [6.45, 7) is 4.25. The van der Waals surface area contributed by atoms with Gasteiger partial charge in [0.25, 0.3) is 0 Å². The molecule has 0 aliphatic heterocycles. The molecular weight excluding hydrogens is 274 g/mol. The fourth-order valence-corrected chi connectivity index (χ4v) is 1.77. The second-order valence-corrected chi connectivity index (χ2v) is 4.87. The van der Waals surface area contributed by atoms with E-state index in [1.165, 1.54) is 6.08 Å². The third-order valence-corrected chi connectivity index (χ3v) is 3.07. The van der Waals surface area contributed by atoms with Crippen LogP contribution in [0, 0.1) is 0 Å². The fraction of sp³-hybridized carbons (Fsp3) is 0.438. The summed E-state index contributed by atoms with van der Waals surface area (Å²) in [7, 11) is 0. The summed E-state index contributed by atoms with van der Waals surface area (Å²) in [5.74, 6) is -0.113. The van der Waals surface area contributed by atoms with Crippen molar-refractivity contribution in [2.45, 2.75) is 26.2 Å². The SMILES string of the molecule is CCCCOCCCNC(=O)C=Cc1ccccc1Cl. The lowest BCUT2D eigenvalue weighted by Gasteiger charge is -2.04. The first-order chi connectivity index (χ1) is 9.74. The van der Waals surface area contributed by atoms with Crippen molar-refractivity contribution in [1.29, 1.82) is 0 Å². The summed E-state index contributed by atoms with van der Waals surface area (Å²) in [4.78, 5) is 11.6. The number of halogens is 1. The molecule has 1 rings (SSSR count). The Bertz CT molecular complexity index is 432. The molecule has 0 spiro atoms. The molecule has 20 heavy (non-hydrogen) atoms. The highest BCUT2D eigenvalue weighted by atomic mass is 35.5. The van der Waals surface area contributed by atoms with E-state index in [4.69, 9.17) is 16.3 Å². The average Bonchev–Trinajstić information content (AvgIpc) is 2.45. The lowest BCUT2D eigenvalue weighted by atomic mass is 10.2.